The van der Waals surface area contributed by atoms with Gasteiger partial charge in [0.05, 0.1) is 0 Å². The zero-order chi connectivity index (χ0) is 13.8. The molecular formula is C17H16N2S. The molecular weight excluding hydrogens is 264 g/mol. The lowest BCUT2D eigenvalue weighted by Crippen LogP contribution is -1.91. The van der Waals surface area contributed by atoms with Gasteiger partial charge in [-0.2, -0.15) is 11.8 Å². The van der Waals surface area contributed by atoms with Crippen LogP contribution in [0.4, 0.5) is 0 Å². The second kappa shape index (κ2) is 5.97. The fourth-order valence-electron chi connectivity index (χ4n) is 2.32. The van der Waals surface area contributed by atoms with E-state index >= 15 is 0 Å². The quantitative estimate of drug-likeness (QED) is 0.756. The van der Waals surface area contributed by atoms with Crippen LogP contribution in [0.3, 0.4) is 0 Å². The molecule has 0 unspecified atom stereocenters. The summed E-state index contributed by atoms with van der Waals surface area (Å²) in [5, 5.41) is 0. The van der Waals surface area contributed by atoms with Crippen molar-refractivity contribution in [3.8, 4) is 22.5 Å². The zero-order valence-corrected chi connectivity index (χ0v) is 12.2. The largest absolute Gasteiger partial charge is 0.345 e. The highest BCUT2D eigenvalue weighted by molar-refractivity contribution is 7.97. The van der Waals surface area contributed by atoms with E-state index in [0.717, 1.165) is 11.6 Å². The van der Waals surface area contributed by atoms with Crippen LogP contribution < -0.4 is 0 Å². The number of rotatable bonds is 4. The molecule has 0 spiro atoms. The zero-order valence-electron chi connectivity index (χ0n) is 11.3. The lowest BCUT2D eigenvalue weighted by Gasteiger charge is -2.10. The summed E-state index contributed by atoms with van der Waals surface area (Å²) in [7, 11) is 0. The minimum Gasteiger partial charge on any atom is -0.345 e. The van der Waals surface area contributed by atoms with Gasteiger partial charge in [-0.1, -0.05) is 42.5 Å². The number of hydrogen-bond acceptors (Lipinski definition) is 2. The van der Waals surface area contributed by atoms with Crippen LogP contribution >= 0.6 is 11.8 Å². The minimum atomic E-state index is 0.939. The summed E-state index contributed by atoms with van der Waals surface area (Å²) < 4.78 is 0. The monoisotopic (exact) mass is 280 g/mol. The van der Waals surface area contributed by atoms with Gasteiger partial charge in [-0.3, -0.25) is 0 Å². The predicted molar refractivity (Wildman–Crippen MR) is 86.7 cm³/mol. The topological polar surface area (TPSA) is 28.7 Å². The van der Waals surface area contributed by atoms with Crippen LogP contribution in [-0.2, 0) is 5.75 Å². The average molecular weight is 280 g/mol. The second-order valence-corrected chi connectivity index (χ2v) is 5.47. The third-order valence-electron chi connectivity index (χ3n) is 3.27. The van der Waals surface area contributed by atoms with E-state index in [-0.39, 0.29) is 0 Å². The fraction of sp³-hybridized carbons (Fsp3) is 0.118. The van der Waals surface area contributed by atoms with Crippen molar-refractivity contribution in [3.63, 3.8) is 0 Å². The van der Waals surface area contributed by atoms with Gasteiger partial charge in [0.2, 0.25) is 0 Å². The van der Waals surface area contributed by atoms with Crippen LogP contribution in [0.5, 0.6) is 0 Å². The third-order valence-corrected chi connectivity index (χ3v) is 3.87. The van der Waals surface area contributed by atoms with Gasteiger partial charge in [0.1, 0.15) is 5.82 Å². The maximum Gasteiger partial charge on any atom is 0.137 e. The second-order valence-electron chi connectivity index (χ2n) is 4.61. The molecule has 1 N–H and O–H groups in total. The molecule has 0 fully saturated rings. The van der Waals surface area contributed by atoms with E-state index in [9.17, 15) is 0 Å². The number of nitrogens with zero attached hydrogens (tertiary/aromatic N) is 1. The van der Waals surface area contributed by atoms with Crippen LogP contribution in [0.25, 0.3) is 22.5 Å². The Morgan fingerprint density at radius 1 is 1.05 bits per heavy atom. The van der Waals surface area contributed by atoms with Gasteiger partial charge in [0, 0.05) is 23.7 Å². The first-order chi connectivity index (χ1) is 9.88. The number of thioether (sulfide) groups is 1. The SMILES string of the molecule is CSCc1cc(-c2ccccc2)ccc1-c1ncc[nH]1. The Bertz CT molecular complexity index is 675. The fourth-order valence-corrected chi connectivity index (χ4v) is 2.87. The van der Waals surface area contributed by atoms with E-state index in [1.807, 2.05) is 24.0 Å². The van der Waals surface area contributed by atoms with Crippen LogP contribution in [0, 0.1) is 0 Å². The Hall–Kier alpha value is -2.00. The minimum absolute atomic E-state index is 0.939. The number of aromatic amines is 1. The summed E-state index contributed by atoms with van der Waals surface area (Å²) >= 11 is 1.83. The van der Waals surface area contributed by atoms with Gasteiger partial charge in [-0.15, -0.1) is 0 Å². The van der Waals surface area contributed by atoms with E-state index in [1.54, 1.807) is 6.20 Å². The Balaban J connectivity index is 2.06. The van der Waals surface area contributed by atoms with Gasteiger partial charge in [-0.25, -0.2) is 4.98 Å². The lowest BCUT2D eigenvalue weighted by atomic mass is 9.99. The van der Waals surface area contributed by atoms with Gasteiger partial charge in [-0.05, 0) is 29.0 Å². The third kappa shape index (κ3) is 2.63. The van der Waals surface area contributed by atoms with Gasteiger partial charge in [0.25, 0.3) is 0 Å². The number of H-pyrrole nitrogens is 1. The van der Waals surface area contributed by atoms with E-state index in [1.165, 1.54) is 22.3 Å². The highest BCUT2D eigenvalue weighted by atomic mass is 32.2. The van der Waals surface area contributed by atoms with E-state index in [4.69, 9.17) is 0 Å². The first-order valence-electron chi connectivity index (χ1n) is 6.55. The highest BCUT2D eigenvalue weighted by Crippen LogP contribution is 2.29. The first kappa shape index (κ1) is 13.0. The molecule has 100 valence electrons. The van der Waals surface area contributed by atoms with Crippen LogP contribution in [0.15, 0.2) is 60.9 Å². The number of aromatic nitrogens is 2. The van der Waals surface area contributed by atoms with Crippen molar-refractivity contribution in [2.75, 3.05) is 6.26 Å². The van der Waals surface area contributed by atoms with Gasteiger partial charge in [0.15, 0.2) is 0 Å². The van der Waals surface area contributed by atoms with Crippen molar-refractivity contribution in [3.05, 3.63) is 66.5 Å². The molecule has 0 aliphatic rings. The smallest absolute Gasteiger partial charge is 0.137 e. The van der Waals surface area contributed by atoms with Crippen molar-refractivity contribution in [2.45, 2.75) is 5.75 Å². The molecule has 2 nitrogen and oxygen atoms in total. The highest BCUT2D eigenvalue weighted by Gasteiger charge is 2.08. The average Bonchev–Trinajstić information content (AvgIpc) is 3.02. The van der Waals surface area contributed by atoms with Gasteiger partial charge < -0.3 is 4.98 Å². The molecule has 3 aromatic rings. The summed E-state index contributed by atoms with van der Waals surface area (Å²) in [6.45, 7) is 0. The number of hydrogen-bond donors (Lipinski definition) is 1. The predicted octanol–water partition coefficient (Wildman–Crippen LogP) is 4.61. The Kier molecular flexibility index (Phi) is 3.88. The number of nitrogens with one attached hydrogen (secondary N) is 1. The first-order valence-corrected chi connectivity index (χ1v) is 7.95. The molecule has 20 heavy (non-hydrogen) atoms. The number of benzene rings is 2. The van der Waals surface area contributed by atoms with Crippen molar-refractivity contribution in [1.82, 2.24) is 9.97 Å². The molecule has 0 radical (unpaired) electrons. The molecule has 2 aromatic carbocycles. The van der Waals surface area contributed by atoms with Crippen LogP contribution in [0.1, 0.15) is 5.56 Å². The van der Waals surface area contributed by atoms with E-state index in [0.29, 0.717) is 0 Å². The number of imidazole rings is 1. The van der Waals surface area contributed by atoms with Crippen LogP contribution in [0.2, 0.25) is 0 Å². The van der Waals surface area contributed by atoms with Crippen molar-refractivity contribution >= 4 is 11.8 Å². The summed E-state index contributed by atoms with van der Waals surface area (Å²) in [5.74, 6) is 1.92. The lowest BCUT2D eigenvalue weighted by molar-refractivity contribution is 1.28. The molecule has 1 aromatic heterocycles. The van der Waals surface area contributed by atoms with E-state index < -0.39 is 0 Å². The summed E-state index contributed by atoms with van der Waals surface area (Å²) in [6, 6.07) is 17.1. The Morgan fingerprint density at radius 2 is 1.90 bits per heavy atom. The molecule has 3 heteroatoms. The maximum absolute atomic E-state index is 4.37. The molecule has 0 amide bonds. The standard InChI is InChI=1S/C17H16N2S/c1-20-12-15-11-14(13-5-3-2-4-6-13)7-8-16(15)17-18-9-10-19-17/h2-11H,12H2,1H3,(H,18,19). The van der Waals surface area contributed by atoms with Crippen LogP contribution in [-0.4, -0.2) is 16.2 Å². The molecule has 0 atom stereocenters. The molecule has 3 rings (SSSR count). The Morgan fingerprint density at radius 3 is 2.60 bits per heavy atom. The Labute approximate surface area is 123 Å². The molecule has 0 saturated carbocycles. The van der Waals surface area contributed by atoms with Gasteiger partial charge >= 0.3 is 0 Å². The van der Waals surface area contributed by atoms with Crippen molar-refractivity contribution < 1.29 is 0 Å². The molecule has 0 bridgehead atoms. The molecule has 0 aliphatic carbocycles. The normalized spacial score (nSPS) is 10.7. The summed E-state index contributed by atoms with van der Waals surface area (Å²) in [4.78, 5) is 7.56. The van der Waals surface area contributed by atoms with Crippen molar-refractivity contribution in [2.24, 2.45) is 0 Å². The molecule has 1 heterocycles. The molecule has 0 saturated heterocycles. The summed E-state index contributed by atoms with van der Waals surface area (Å²) in [6.07, 6.45) is 5.79. The molecule has 0 aliphatic heterocycles. The van der Waals surface area contributed by atoms with Crippen molar-refractivity contribution in [1.29, 1.82) is 0 Å². The summed E-state index contributed by atoms with van der Waals surface area (Å²) in [5.41, 5.74) is 5.00. The maximum atomic E-state index is 4.37. The van der Waals surface area contributed by atoms with E-state index in [2.05, 4.69) is 58.7 Å².